The topological polar surface area (TPSA) is 48.0 Å². The maximum absolute atomic E-state index is 11.0. The summed E-state index contributed by atoms with van der Waals surface area (Å²) in [7, 11) is 2.96. The van der Waals surface area contributed by atoms with Crippen LogP contribution in [0.1, 0.15) is 6.92 Å². The highest BCUT2D eigenvalue weighted by atomic mass is 16.7. The molecule has 0 bridgehead atoms. The van der Waals surface area contributed by atoms with Crippen LogP contribution in [-0.2, 0) is 14.3 Å². The van der Waals surface area contributed by atoms with Crippen molar-refractivity contribution < 1.29 is 19.1 Å². The van der Waals surface area contributed by atoms with Crippen LogP contribution in [0.3, 0.4) is 0 Å². The van der Waals surface area contributed by atoms with E-state index >= 15 is 0 Å². The summed E-state index contributed by atoms with van der Waals surface area (Å²) in [5.41, 5.74) is 0. The van der Waals surface area contributed by atoms with Gasteiger partial charge in [-0.3, -0.25) is 4.84 Å². The summed E-state index contributed by atoms with van der Waals surface area (Å²) in [4.78, 5) is 15.7. The van der Waals surface area contributed by atoms with E-state index in [0.29, 0.717) is 19.8 Å². The number of amides is 1. The van der Waals surface area contributed by atoms with Crippen molar-refractivity contribution in [2.45, 2.75) is 6.92 Å². The second kappa shape index (κ2) is 6.87. The highest BCUT2D eigenvalue weighted by molar-refractivity contribution is 5.66. The molecule has 0 fully saturated rings. The second-order valence-corrected chi connectivity index (χ2v) is 1.98. The monoisotopic (exact) mass is 177 g/mol. The van der Waals surface area contributed by atoms with Crippen LogP contribution < -0.4 is 0 Å². The minimum Gasteiger partial charge on any atom is -0.448 e. The summed E-state index contributed by atoms with van der Waals surface area (Å²) in [6.45, 7) is 2.87. The van der Waals surface area contributed by atoms with Gasteiger partial charge in [0, 0.05) is 7.11 Å². The molecule has 0 saturated carbocycles. The van der Waals surface area contributed by atoms with Crippen molar-refractivity contribution in [1.29, 1.82) is 0 Å². The van der Waals surface area contributed by atoms with Crippen LogP contribution in [0.2, 0.25) is 0 Å². The maximum Gasteiger partial charge on any atom is 0.433 e. The minimum absolute atomic E-state index is 0.339. The molecule has 0 aromatic heterocycles. The first-order valence-corrected chi connectivity index (χ1v) is 3.73. The van der Waals surface area contributed by atoms with Crippen molar-refractivity contribution >= 4 is 6.09 Å². The van der Waals surface area contributed by atoms with Crippen LogP contribution in [-0.4, -0.2) is 45.1 Å². The number of rotatable bonds is 5. The van der Waals surface area contributed by atoms with Gasteiger partial charge in [-0.25, -0.2) is 4.79 Å². The number of methoxy groups -OCH3 is 1. The quantitative estimate of drug-likeness (QED) is 0.578. The molecule has 0 rings (SSSR count). The molecule has 0 aliphatic carbocycles. The van der Waals surface area contributed by atoms with Crippen LogP contribution >= 0.6 is 0 Å². The van der Waals surface area contributed by atoms with Crippen LogP contribution in [0.25, 0.3) is 0 Å². The Labute approximate surface area is 72.1 Å². The van der Waals surface area contributed by atoms with E-state index in [1.807, 2.05) is 0 Å². The van der Waals surface area contributed by atoms with Crippen LogP contribution in [0.4, 0.5) is 4.79 Å². The van der Waals surface area contributed by atoms with E-state index in [-0.39, 0.29) is 0 Å². The third-order valence-electron chi connectivity index (χ3n) is 1.19. The third kappa shape index (κ3) is 4.15. The number of carbonyl (C=O) groups excluding carboxylic acids is 1. The summed E-state index contributed by atoms with van der Waals surface area (Å²) in [6, 6.07) is 0. The fourth-order valence-electron chi connectivity index (χ4n) is 0.627. The smallest absolute Gasteiger partial charge is 0.433 e. The summed E-state index contributed by atoms with van der Waals surface area (Å²) < 4.78 is 9.47. The van der Waals surface area contributed by atoms with Gasteiger partial charge in [0.2, 0.25) is 0 Å². The first-order valence-electron chi connectivity index (χ1n) is 3.73. The fourth-order valence-corrected chi connectivity index (χ4v) is 0.627. The molecule has 0 saturated heterocycles. The molecule has 0 aliphatic heterocycles. The molecular weight excluding hydrogens is 162 g/mol. The number of nitrogens with zero attached hydrogens (tertiary/aromatic N) is 1. The van der Waals surface area contributed by atoms with Crippen molar-refractivity contribution in [3.05, 3.63) is 0 Å². The Bertz CT molecular complexity index is 129. The van der Waals surface area contributed by atoms with Gasteiger partial charge in [0.05, 0.1) is 26.9 Å². The van der Waals surface area contributed by atoms with Crippen molar-refractivity contribution in [3.8, 4) is 0 Å². The van der Waals surface area contributed by atoms with Crippen LogP contribution in [0.5, 0.6) is 0 Å². The minimum atomic E-state index is -0.489. The van der Waals surface area contributed by atoms with Crippen molar-refractivity contribution in [2.75, 3.05) is 34.0 Å². The fraction of sp³-hybridized carbons (Fsp3) is 0.857. The standard InChI is InChI=1S/C7H15NO4/c1-4-12-7(9)8(11-3)5-6-10-2/h4-6H2,1-3H3. The summed E-state index contributed by atoms with van der Waals surface area (Å²) in [5, 5.41) is 1.10. The predicted molar refractivity (Wildman–Crippen MR) is 42.6 cm³/mol. The summed E-state index contributed by atoms with van der Waals surface area (Å²) >= 11 is 0. The molecule has 5 heteroatoms. The zero-order valence-electron chi connectivity index (χ0n) is 7.70. The van der Waals surface area contributed by atoms with Gasteiger partial charge < -0.3 is 9.47 Å². The van der Waals surface area contributed by atoms with Gasteiger partial charge in [-0.05, 0) is 6.92 Å². The molecule has 1 amide bonds. The van der Waals surface area contributed by atoms with Gasteiger partial charge in [-0.1, -0.05) is 0 Å². The highest BCUT2D eigenvalue weighted by Gasteiger charge is 2.12. The molecule has 0 atom stereocenters. The maximum atomic E-state index is 11.0. The molecule has 72 valence electrons. The number of hydrogen-bond donors (Lipinski definition) is 0. The SMILES string of the molecule is CCOC(=O)N(CCOC)OC. The van der Waals surface area contributed by atoms with E-state index in [1.165, 1.54) is 7.11 Å². The molecule has 0 spiro atoms. The first kappa shape index (κ1) is 11.2. The number of hydroxylamine groups is 2. The van der Waals surface area contributed by atoms with E-state index in [9.17, 15) is 4.79 Å². The molecule has 0 heterocycles. The Balaban J connectivity index is 3.71. The van der Waals surface area contributed by atoms with E-state index < -0.39 is 6.09 Å². The van der Waals surface area contributed by atoms with E-state index in [1.54, 1.807) is 14.0 Å². The van der Waals surface area contributed by atoms with Crippen molar-refractivity contribution in [3.63, 3.8) is 0 Å². The lowest BCUT2D eigenvalue weighted by atomic mass is 10.7. The lowest BCUT2D eigenvalue weighted by Crippen LogP contribution is -2.33. The molecule has 5 nitrogen and oxygen atoms in total. The van der Waals surface area contributed by atoms with E-state index in [0.717, 1.165) is 5.06 Å². The molecule has 0 unspecified atom stereocenters. The largest absolute Gasteiger partial charge is 0.448 e. The van der Waals surface area contributed by atoms with Gasteiger partial charge in [0.1, 0.15) is 0 Å². The molecule has 0 aromatic carbocycles. The zero-order valence-corrected chi connectivity index (χ0v) is 7.70. The van der Waals surface area contributed by atoms with Gasteiger partial charge in [-0.15, -0.1) is 0 Å². The van der Waals surface area contributed by atoms with Crippen LogP contribution in [0, 0.1) is 0 Å². The van der Waals surface area contributed by atoms with Crippen molar-refractivity contribution in [2.24, 2.45) is 0 Å². The Hall–Kier alpha value is -0.810. The van der Waals surface area contributed by atoms with Gasteiger partial charge in [-0.2, -0.15) is 5.06 Å². The van der Waals surface area contributed by atoms with Crippen molar-refractivity contribution in [1.82, 2.24) is 5.06 Å². The Morgan fingerprint density at radius 2 is 2.08 bits per heavy atom. The summed E-state index contributed by atoms with van der Waals surface area (Å²) in [6.07, 6.45) is -0.489. The average Bonchev–Trinajstić information content (AvgIpc) is 2.06. The number of ether oxygens (including phenoxy) is 2. The van der Waals surface area contributed by atoms with Gasteiger partial charge >= 0.3 is 6.09 Å². The Kier molecular flexibility index (Phi) is 6.41. The number of hydrogen-bond acceptors (Lipinski definition) is 4. The zero-order chi connectivity index (χ0) is 9.40. The van der Waals surface area contributed by atoms with Gasteiger partial charge in [0.15, 0.2) is 0 Å². The molecule has 0 aliphatic rings. The second-order valence-electron chi connectivity index (χ2n) is 1.98. The van der Waals surface area contributed by atoms with Crippen LogP contribution in [0.15, 0.2) is 0 Å². The number of carbonyl (C=O) groups is 1. The van der Waals surface area contributed by atoms with Gasteiger partial charge in [0.25, 0.3) is 0 Å². The Morgan fingerprint density at radius 1 is 1.42 bits per heavy atom. The molecule has 0 radical (unpaired) electrons. The molecule has 0 aromatic rings. The lowest BCUT2D eigenvalue weighted by Gasteiger charge is -2.17. The average molecular weight is 177 g/mol. The normalized spacial score (nSPS) is 9.58. The first-order chi connectivity index (χ1) is 5.76. The molecule has 0 N–H and O–H groups in total. The molecule has 12 heavy (non-hydrogen) atoms. The lowest BCUT2D eigenvalue weighted by molar-refractivity contribution is -0.116. The highest BCUT2D eigenvalue weighted by Crippen LogP contribution is 1.93. The van der Waals surface area contributed by atoms with E-state index in [2.05, 4.69) is 0 Å². The summed E-state index contributed by atoms with van der Waals surface area (Å²) in [5.74, 6) is 0. The van der Waals surface area contributed by atoms with E-state index in [4.69, 9.17) is 14.3 Å². The molecular formula is C7H15NO4. The third-order valence-corrected chi connectivity index (χ3v) is 1.19. The predicted octanol–water partition coefficient (Wildman–Crippen LogP) is 0.653. The Morgan fingerprint density at radius 3 is 2.50 bits per heavy atom.